The van der Waals surface area contributed by atoms with Crippen molar-refractivity contribution >= 4 is 27.5 Å². The Balaban J connectivity index is 1.41. The molecule has 0 bridgehead atoms. The molecule has 10 rings (SSSR count). The van der Waals surface area contributed by atoms with Gasteiger partial charge in [-0.15, -0.1) is 9.13 Å². The molecule has 1 atom stereocenters. The summed E-state index contributed by atoms with van der Waals surface area (Å²) in [6.45, 7) is 13.7. The number of benzene rings is 4. The van der Waals surface area contributed by atoms with E-state index < -0.39 is 5.66 Å². The van der Waals surface area contributed by atoms with Gasteiger partial charge >= 0.3 is 5.66 Å². The van der Waals surface area contributed by atoms with Gasteiger partial charge in [-0.1, -0.05) is 61.9 Å². The van der Waals surface area contributed by atoms with Crippen LogP contribution in [0.2, 0.25) is 0 Å². The predicted molar refractivity (Wildman–Crippen MR) is 194 cm³/mol. The number of nitrogens with zero attached hydrogens (tertiary/aromatic N) is 2. The number of fused-ring (bicyclic) bond motifs is 16. The van der Waals surface area contributed by atoms with Crippen molar-refractivity contribution in [1.82, 2.24) is 0 Å². The summed E-state index contributed by atoms with van der Waals surface area (Å²) in [5, 5.41) is 2.38. The first-order valence-electron chi connectivity index (χ1n) is 17.3. The van der Waals surface area contributed by atoms with Crippen LogP contribution in [0.4, 0.5) is 0 Å². The van der Waals surface area contributed by atoms with Crippen LogP contribution in [0, 0.1) is 13.8 Å². The summed E-state index contributed by atoms with van der Waals surface area (Å²) < 4.78 is 12.3. The van der Waals surface area contributed by atoms with Gasteiger partial charge in [-0.05, 0) is 104 Å². The lowest BCUT2D eigenvalue weighted by atomic mass is 9.88. The number of hydrogen-bond donors (Lipinski definition) is 0. The van der Waals surface area contributed by atoms with Crippen LogP contribution < -0.4 is 9.13 Å². The molecule has 232 valence electrons. The number of hydrogen-bond acceptors (Lipinski definition) is 1. The minimum Gasteiger partial charge on any atom is -0.454 e. The average molecular weight is 623 g/mol. The van der Waals surface area contributed by atoms with Crippen molar-refractivity contribution in [3.63, 3.8) is 0 Å². The minimum absolute atomic E-state index is 0.328. The molecule has 2 aliphatic heterocycles. The summed E-state index contributed by atoms with van der Waals surface area (Å²) in [7, 11) is 0. The van der Waals surface area contributed by atoms with Gasteiger partial charge in [0.2, 0.25) is 11.4 Å². The number of aromatic nitrogens is 2. The van der Waals surface area contributed by atoms with Gasteiger partial charge in [-0.2, -0.15) is 0 Å². The molecule has 7 aromatic rings. The van der Waals surface area contributed by atoms with Crippen molar-refractivity contribution in [3.05, 3.63) is 148 Å². The van der Waals surface area contributed by atoms with E-state index in [0.29, 0.717) is 5.92 Å². The second kappa shape index (κ2) is 9.41. The van der Waals surface area contributed by atoms with E-state index in [4.69, 9.17) is 4.42 Å². The molecule has 0 amide bonds. The summed E-state index contributed by atoms with van der Waals surface area (Å²) >= 11 is 0. The molecule has 0 fully saturated rings. The Morgan fingerprint density at radius 3 is 2.17 bits per heavy atom. The minimum atomic E-state index is -0.611. The van der Waals surface area contributed by atoms with Crippen LogP contribution in [0.5, 0.6) is 0 Å². The molecule has 1 spiro atoms. The van der Waals surface area contributed by atoms with E-state index in [0.717, 1.165) is 17.6 Å². The highest BCUT2D eigenvalue weighted by atomic mass is 16.3. The molecule has 4 aromatic carbocycles. The first kappa shape index (κ1) is 27.8. The SMILES string of the molecule is CC1=C(C)c2c(ccc3c2oc2c4c(ccc23)C2(c3ccccc3-c3cccc[n+]32)[n+]2cc(-c3c(C)cccc3C)c(C(C)C)cc2-4)C1. The molecule has 3 heteroatoms. The Morgan fingerprint density at radius 1 is 0.646 bits per heavy atom. The Morgan fingerprint density at radius 2 is 1.38 bits per heavy atom. The number of aryl methyl sites for hydroxylation is 2. The van der Waals surface area contributed by atoms with Crippen molar-refractivity contribution in [2.75, 3.05) is 0 Å². The number of rotatable bonds is 2. The largest absolute Gasteiger partial charge is 0.454 e. The van der Waals surface area contributed by atoms with Crippen molar-refractivity contribution in [2.24, 2.45) is 0 Å². The lowest BCUT2D eigenvalue weighted by Crippen LogP contribution is -2.71. The molecule has 5 heterocycles. The summed E-state index contributed by atoms with van der Waals surface area (Å²) in [5.74, 6) is 0.328. The molecular weight excluding hydrogens is 585 g/mol. The smallest absolute Gasteiger partial charge is 0.417 e. The van der Waals surface area contributed by atoms with Gasteiger partial charge in [0, 0.05) is 34.5 Å². The van der Waals surface area contributed by atoms with Crippen LogP contribution in [-0.4, -0.2) is 0 Å². The molecule has 3 aliphatic rings. The van der Waals surface area contributed by atoms with Gasteiger partial charge in [0.05, 0.1) is 11.1 Å². The molecule has 1 unspecified atom stereocenters. The van der Waals surface area contributed by atoms with Gasteiger partial charge in [-0.25, -0.2) is 0 Å². The van der Waals surface area contributed by atoms with E-state index in [9.17, 15) is 0 Å². The zero-order chi connectivity index (χ0) is 32.6. The maximum absolute atomic E-state index is 7.19. The van der Waals surface area contributed by atoms with E-state index >= 15 is 0 Å². The molecule has 0 N–H and O–H groups in total. The highest BCUT2D eigenvalue weighted by molar-refractivity contribution is 6.13. The third-order valence-electron chi connectivity index (χ3n) is 11.6. The Kier molecular flexibility index (Phi) is 5.45. The normalized spacial score (nSPS) is 17.1. The maximum atomic E-state index is 7.19. The van der Waals surface area contributed by atoms with Crippen molar-refractivity contribution in [3.8, 4) is 33.6 Å². The summed E-state index contributed by atoms with van der Waals surface area (Å²) in [4.78, 5) is 0. The maximum Gasteiger partial charge on any atom is 0.417 e. The number of allylic oxidation sites excluding steroid dienone is 2. The molecular formula is C45H38N2O+2. The number of furan rings is 1. The zero-order valence-electron chi connectivity index (χ0n) is 28.4. The van der Waals surface area contributed by atoms with Gasteiger partial charge in [-0.3, -0.25) is 0 Å². The first-order valence-corrected chi connectivity index (χ1v) is 17.3. The summed E-state index contributed by atoms with van der Waals surface area (Å²) in [5.41, 5.74) is 20.8. The van der Waals surface area contributed by atoms with Gasteiger partial charge in [0.1, 0.15) is 27.9 Å². The molecule has 0 radical (unpaired) electrons. The van der Waals surface area contributed by atoms with E-state index in [1.807, 2.05) is 0 Å². The standard InChI is InChI=1S/C45H38N2O/c1-25(2)34-23-39-42-37(20-19-32-31-18-17-30-22-28(5)29(6)41(30)43(31)48-44(32)42)45(47(39)24-35(34)40-26(3)12-11-13-27(40)4)36-15-8-7-14-33(36)38-16-9-10-21-46(38)45/h7-21,23-25H,22H2,1-6H3/q+2. The molecule has 3 aromatic heterocycles. The van der Waals surface area contributed by atoms with E-state index in [-0.39, 0.29) is 0 Å². The fraction of sp³-hybridized carbons (Fsp3) is 0.200. The monoisotopic (exact) mass is 622 g/mol. The Bertz CT molecular complexity index is 2550. The predicted octanol–water partition coefficient (Wildman–Crippen LogP) is 10.2. The molecule has 0 saturated heterocycles. The quantitative estimate of drug-likeness (QED) is 0.176. The van der Waals surface area contributed by atoms with Crippen molar-refractivity contribution in [2.45, 2.75) is 59.5 Å². The summed E-state index contributed by atoms with van der Waals surface area (Å²) in [6.07, 6.45) is 5.73. The fourth-order valence-corrected chi connectivity index (χ4v) is 9.37. The van der Waals surface area contributed by atoms with E-state index in [1.54, 1.807) is 0 Å². The van der Waals surface area contributed by atoms with Crippen molar-refractivity contribution in [1.29, 1.82) is 0 Å². The van der Waals surface area contributed by atoms with Crippen molar-refractivity contribution < 1.29 is 13.6 Å². The van der Waals surface area contributed by atoms with E-state index in [2.05, 4.69) is 154 Å². The third kappa shape index (κ3) is 3.24. The van der Waals surface area contributed by atoms with Crippen LogP contribution in [0.25, 0.3) is 61.2 Å². The van der Waals surface area contributed by atoms with Gasteiger partial charge < -0.3 is 4.42 Å². The van der Waals surface area contributed by atoms with Gasteiger partial charge in [0.15, 0.2) is 12.4 Å². The fourth-order valence-electron chi connectivity index (χ4n) is 9.37. The van der Waals surface area contributed by atoms with Crippen LogP contribution in [-0.2, 0) is 12.1 Å². The average Bonchev–Trinajstić information content (AvgIpc) is 3.78. The summed E-state index contributed by atoms with van der Waals surface area (Å²) in [6, 6.07) is 34.0. The zero-order valence-corrected chi connectivity index (χ0v) is 28.4. The molecule has 0 saturated carbocycles. The molecule has 3 nitrogen and oxygen atoms in total. The molecule has 1 aliphatic carbocycles. The topological polar surface area (TPSA) is 20.9 Å². The highest BCUT2D eigenvalue weighted by Gasteiger charge is 2.67. The molecule has 48 heavy (non-hydrogen) atoms. The first-order chi connectivity index (χ1) is 23.3. The number of pyridine rings is 2. The van der Waals surface area contributed by atoms with Gasteiger partial charge in [0.25, 0.3) is 0 Å². The lowest BCUT2D eigenvalue weighted by Gasteiger charge is -2.20. The Labute approximate surface area is 281 Å². The third-order valence-corrected chi connectivity index (χ3v) is 11.6. The van der Waals surface area contributed by atoms with Crippen LogP contribution in [0.15, 0.2) is 113 Å². The lowest BCUT2D eigenvalue weighted by molar-refractivity contribution is -0.954. The second-order valence-electron chi connectivity index (χ2n) is 14.5. The van der Waals surface area contributed by atoms with Crippen LogP contribution in [0.1, 0.15) is 72.6 Å². The van der Waals surface area contributed by atoms with Crippen LogP contribution >= 0.6 is 0 Å². The highest BCUT2D eigenvalue weighted by Crippen LogP contribution is 2.52. The van der Waals surface area contributed by atoms with E-state index in [1.165, 1.54) is 94.5 Å². The van der Waals surface area contributed by atoms with Crippen LogP contribution in [0.3, 0.4) is 0 Å². The second-order valence-corrected chi connectivity index (χ2v) is 14.5. The Hall–Kier alpha value is -5.28.